The number of aliphatic carboxylic acids is 1. The lowest BCUT2D eigenvalue weighted by Gasteiger charge is -2.26. The number of phenolic OH excluding ortho intramolecular Hbond substituents is 2. The van der Waals surface area contributed by atoms with Gasteiger partial charge in [-0.15, -0.1) is 0 Å². The summed E-state index contributed by atoms with van der Waals surface area (Å²) in [7, 11) is 0. The molecule has 2 aromatic carbocycles. The number of hydrogen-bond donors (Lipinski definition) is 3. The molecule has 0 bridgehead atoms. The number of carbonyl (C=O) groups is 1. The average molecular weight is 258 g/mol. The molecule has 4 heteroatoms. The quantitative estimate of drug-likeness (QED) is 0.790. The number of phenols is 2. The predicted octanol–water partition coefficient (Wildman–Crippen LogP) is 2.49. The molecular weight excluding hydrogens is 244 g/mol. The Morgan fingerprint density at radius 1 is 0.947 bits per heavy atom. The Hall–Kier alpha value is -2.49. The van der Waals surface area contributed by atoms with E-state index in [2.05, 4.69) is 0 Å². The smallest absolute Gasteiger partial charge is 0.318 e. The van der Waals surface area contributed by atoms with Crippen molar-refractivity contribution in [2.24, 2.45) is 0 Å². The first-order valence-corrected chi connectivity index (χ1v) is 5.77. The van der Waals surface area contributed by atoms with E-state index in [4.69, 9.17) is 0 Å². The number of aromatic hydroxyl groups is 2. The summed E-state index contributed by atoms with van der Waals surface area (Å²) in [6, 6.07) is 12.2. The first kappa shape index (κ1) is 13.0. The van der Waals surface area contributed by atoms with Crippen LogP contribution >= 0.6 is 0 Å². The van der Waals surface area contributed by atoms with Crippen molar-refractivity contribution in [3.05, 3.63) is 59.7 Å². The molecule has 0 aliphatic rings. The van der Waals surface area contributed by atoms with Crippen LogP contribution in [-0.2, 0) is 10.2 Å². The normalized spacial score (nSPS) is 11.2. The van der Waals surface area contributed by atoms with Gasteiger partial charge >= 0.3 is 5.97 Å². The molecule has 0 aliphatic carbocycles. The van der Waals surface area contributed by atoms with Crippen molar-refractivity contribution in [2.75, 3.05) is 0 Å². The van der Waals surface area contributed by atoms with Gasteiger partial charge in [0.15, 0.2) is 0 Å². The molecule has 2 rings (SSSR count). The monoisotopic (exact) mass is 258 g/mol. The summed E-state index contributed by atoms with van der Waals surface area (Å²) in [4.78, 5) is 11.7. The van der Waals surface area contributed by atoms with E-state index in [-0.39, 0.29) is 11.5 Å². The highest BCUT2D eigenvalue weighted by molar-refractivity contribution is 5.85. The Bertz CT molecular complexity index is 574. The van der Waals surface area contributed by atoms with Crippen LogP contribution in [0.5, 0.6) is 11.5 Å². The van der Waals surface area contributed by atoms with Crippen molar-refractivity contribution < 1.29 is 20.1 Å². The minimum Gasteiger partial charge on any atom is -0.508 e. The van der Waals surface area contributed by atoms with E-state index < -0.39 is 11.4 Å². The van der Waals surface area contributed by atoms with Crippen LogP contribution in [0.25, 0.3) is 0 Å². The van der Waals surface area contributed by atoms with Gasteiger partial charge in [-0.25, -0.2) is 0 Å². The SMILES string of the molecule is CC(C(=O)O)(c1cccc(O)c1)c1cccc(O)c1. The molecule has 0 saturated carbocycles. The molecule has 0 spiro atoms. The predicted molar refractivity (Wildman–Crippen MR) is 70.3 cm³/mol. The first-order valence-electron chi connectivity index (χ1n) is 5.77. The van der Waals surface area contributed by atoms with Crippen LogP contribution in [-0.4, -0.2) is 21.3 Å². The number of hydrogen-bond acceptors (Lipinski definition) is 3. The number of benzene rings is 2. The Labute approximate surface area is 110 Å². The summed E-state index contributed by atoms with van der Waals surface area (Å²) in [5.74, 6) is -1.04. The molecule has 0 unspecified atom stereocenters. The lowest BCUT2D eigenvalue weighted by molar-refractivity contribution is -0.141. The van der Waals surface area contributed by atoms with Crippen LogP contribution in [0.4, 0.5) is 0 Å². The van der Waals surface area contributed by atoms with Gasteiger partial charge in [0.25, 0.3) is 0 Å². The Kier molecular flexibility index (Phi) is 3.17. The van der Waals surface area contributed by atoms with Crippen molar-refractivity contribution in [3.8, 4) is 11.5 Å². The van der Waals surface area contributed by atoms with E-state index >= 15 is 0 Å². The standard InChI is InChI=1S/C15H14O4/c1-15(14(18)19,10-4-2-6-12(16)8-10)11-5-3-7-13(17)9-11/h2-9,16-17H,1H3,(H,18,19). The van der Waals surface area contributed by atoms with Gasteiger partial charge < -0.3 is 15.3 Å². The van der Waals surface area contributed by atoms with Crippen LogP contribution in [0.3, 0.4) is 0 Å². The van der Waals surface area contributed by atoms with Crippen molar-refractivity contribution in [2.45, 2.75) is 12.3 Å². The molecule has 2 aromatic rings. The summed E-state index contributed by atoms with van der Waals surface area (Å²) in [6.45, 7) is 1.54. The maximum Gasteiger partial charge on any atom is 0.318 e. The molecule has 0 amide bonds. The van der Waals surface area contributed by atoms with Crippen molar-refractivity contribution in [1.82, 2.24) is 0 Å². The van der Waals surface area contributed by atoms with Gasteiger partial charge in [0.05, 0.1) is 0 Å². The molecule has 98 valence electrons. The molecule has 19 heavy (non-hydrogen) atoms. The highest BCUT2D eigenvalue weighted by atomic mass is 16.4. The second kappa shape index (κ2) is 4.65. The van der Waals surface area contributed by atoms with Crippen LogP contribution in [0.2, 0.25) is 0 Å². The van der Waals surface area contributed by atoms with Crippen LogP contribution in [0, 0.1) is 0 Å². The summed E-state index contributed by atoms with van der Waals surface area (Å²) in [6.07, 6.45) is 0. The molecule has 0 atom stereocenters. The molecular formula is C15H14O4. The fraction of sp³-hybridized carbons (Fsp3) is 0.133. The Balaban J connectivity index is 2.65. The van der Waals surface area contributed by atoms with Crippen LogP contribution in [0.1, 0.15) is 18.1 Å². The highest BCUT2D eigenvalue weighted by Gasteiger charge is 2.37. The average Bonchev–Trinajstić information content (AvgIpc) is 2.37. The number of rotatable bonds is 3. The van der Waals surface area contributed by atoms with Crippen LogP contribution in [0.15, 0.2) is 48.5 Å². The van der Waals surface area contributed by atoms with Gasteiger partial charge in [0.2, 0.25) is 0 Å². The zero-order valence-electron chi connectivity index (χ0n) is 10.4. The third-order valence-electron chi connectivity index (χ3n) is 3.27. The maximum absolute atomic E-state index is 11.7. The van der Waals surface area contributed by atoms with Gasteiger partial charge in [-0.3, -0.25) is 4.79 Å². The van der Waals surface area contributed by atoms with E-state index in [1.165, 1.54) is 24.3 Å². The molecule has 0 heterocycles. The van der Waals surface area contributed by atoms with Gasteiger partial charge in [0, 0.05) is 0 Å². The van der Waals surface area contributed by atoms with E-state index in [0.29, 0.717) is 11.1 Å². The van der Waals surface area contributed by atoms with E-state index in [1.54, 1.807) is 31.2 Å². The third-order valence-corrected chi connectivity index (χ3v) is 3.27. The second-order valence-corrected chi connectivity index (χ2v) is 4.53. The molecule has 0 radical (unpaired) electrons. The highest BCUT2D eigenvalue weighted by Crippen LogP contribution is 2.35. The summed E-state index contributed by atoms with van der Waals surface area (Å²) in [5.41, 5.74) is -0.437. The van der Waals surface area contributed by atoms with Crippen molar-refractivity contribution in [3.63, 3.8) is 0 Å². The van der Waals surface area contributed by atoms with E-state index in [0.717, 1.165) is 0 Å². The van der Waals surface area contributed by atoms with Crippen molar-refractivity contribution in [1.29, 1.82) is 0 Å². The molecule has 4 nitrogen and oxygen atoms in total. The number of carboxylic acid groups (broad SMARTS) is 1. The molecule has 0 fully saturated rings. The van der Waals surface area contributed by atoms with Gasteiger partial charge in [0.1, 0.15) is 16.9 Å². The summed E-state index contributed by atoms with van der Waals surface area (Å²) in [5, 5.41) is 28.6. The summed E-state index contributed by atoms with van der Waals surface area (Å²) < 4.78 is 0. The minimum absolute atomic E-state index is 0.00475. The van der Waals surface area contributed by atoms with Gasteiger partial charge in [-0.05, 0) is 42.3 Å². The van der Waals surface area contributed by atoms with Gasteiger partial charge in [-0.2, -0.15) is 0 Å². The Morgan fingerprint density at radius 2 is 1.37 bits per heavy atom. The zero-order chi connectivity index (χ0) is 14.0. The van der Waals surface area contributed by atoms with E-state index in [9.17, 15) is 20.1 Å². The zero-order valence-corrected chi connectivity index (χ0v) is 10.4. The van der Waals surface area contributed by atoms with Gasteiger partial charge in [-0.1, -0.05) is 24.3 Å². The maximum atomic E-state index is 11.7. The van der Waals surface area contributed by atoms with E-state index in [1.807, 2.05) is 0 Å². The molecule has 0 aliphatic heterocycles. The van der Waals surface area contributed by atoms with Crippen LogP contribution < -0.4 is 0 Å². The fourth-order valence-corrected chi connectivity index (χ4v) is 2.05. The lowest BCUT2D eigenvalue weighted by Crippen LogP contribution is -2.33. The number of carboxylic acids is 1. The topological polar surface area (TPSA) is 77.8 Å². The molecule has 0 saturated heterocycles. The first-order chi connectivity index (χ1) is 8.94. The largest absolute Gasteiger partial charge is 0.508 e. The Morgan fingerprint density at radius 3 is 1.68 bits per heavy atom. The van der Waals surface area contributed by atoms with Crippen molar-refractivity contribution >= 4 is 5.97 Å². The molecule has 0 aromatic heterocycles. The molecule has 3 N–H and O–H groups in total. The third kappa shape index (κ3) is 2.25. The minimum atomic E-state index is -1.34. The summed E-state index contributed by atoms with van der Waals surface area (Å²) >= 11 is 0. The fourth-order valence-electron chi connectivity index (χ4n) is 2.05. The second-order valence-electron chi connectivity index (χ2n) is 4.53. The lowest BCUT2D eigenvalue weighted by atomic mass is 9.76.